The first kappa shape index (κ1) is 37.2. The third kappa shape index (κ3) is 9.00. The maximum absolute atomic E-state index is 14.5. The second-order valence-electron chi connectivity index (χ2n) is 15.3. The summed E-state index contributed by atoms with van der Waals surface area (Å²) in [6.07, 6.45) is 7.90. The van der Waals surface area contributed by atoms with Crippen molar-refractivity contribution >= 4 is 35.3 Å². The Morgan fingerprint density at radius 3 is 2.24 bits per heavy atom. The summed E-state index contributed by atoms with van der Waals surface area (Å²) in [6.45, 7) is 5.57. The number of Topliss-reactive ketones (excluding diaryl/α,β-unsaturated/α-hetero) is 1. The number of rotatable bonds is 13. The molecule has 0 spiro atoms. The molecule has 1 saturated heterocycles. The minimum absolute atomic E-state index is 0.0327. The number of fused-ring (bicyclic) bond motifs is 1. The lowest BCUT2D eigenvalue weighted by molar-refractivity contribution is -0.146. The number of nitrogens with one attached hydrogen (secondary N) is 4. The molecule has 0 radical (unpaired) electrons. The van der Waals surface area contributed by atoms with E-state index in [9.17, 15) is 37.5 Å². The minimum atomic E-state index is -2.97. The van der Waals surface area contributed by atoms with Crippen molar-refractivity contribution in [2.24, 2.45) is 23.2 Å². The van der Waals surface area contributed by atoms with E-state index in [1.165, 1.54) is 23.5 Å². The highest BCUT2D eigenvalue weighted by molar-refractivity contribution is 6.38. The van der Waals surface area contributed by atoms with Gasteiger partial charge in [-0.25, -0.2) is 13.8 Å². The van der Waals surface area contributed by atoms with Gasteiger partial charge in [0.15, 0.2) is 0 Å². The van der Waals surface area contributed by atoms with Crippen LogP contribution in [0.5, 0.6) is 0 Å². The number of ketones is 1. The molecule has 5 amide bonds. The van der Waals surface area contributed by atoms with E-state index >= 15 is 0 Å². The molecule has 15 heteroatoms. The fourth-order valence-corrected chi connectivity index (χ4v) is 7.72. The summed E-state index contributed by atoms with van der Waals surface area (Å²) in [5.41, 5.74) is -0.789. The number of carbonyl (C=O) groups excluding carboxylic acids is 6. The SMILES string of the molecule is CC(C)(C)[C@H](NC(=O)[C@H](NC(=O)c1cnccn1)C1CCCCC1)C(=O)N1C[C@@H]2CCC[C@@H]2[C@H]1C(=O)NC(CC(F)F)C(=O)C(=O)NC1CC1. The molecule has 2 heterocycles. The van der Waals surface area contributed by atoms with Gasteiger partial charge in [0.25, 0.3) is 11.8 Å². The van der Waals surface area contributed by atoms with E-state index in [0.717, 1.165) is 32.1 Å². The van der Waals surface area contributed by atoms with Crippen LogP contribution in [0.4, 0.5) is 8.78 Å². The van der Waals surface area contributed by atoms with Crippen LogP contribution in [0.25, 0.3) is 0 Å². The Balaban J connectivity index is 1.36. The van der Waals surface area contributed by atoms with Gasteiger partial charge in [-0.05, 0) is 61.7 Å². The first-order valence-electron chi connectivity index (χ1n) is 17.9. The number of nitrogens with zero attached hydrogens (tertiary/aromatic N) is 3. The van der Waals surface area contributed by atoms with Crippen LogP contribution in [0.15, 0.2) is 18.6 Å². The molecule has 3 saturated carbocycles. The van der Waals surface area contributed by atoms with Gasteiger partial charge in [0, 0.05) is 31.4 Å². The van der Waals surface area contributed by atoms with Crippen LogP contribution < -0.4 is 21.3 Å². The highest BCUT2D eigenvalue weighted by Gasteiger charge is 2.52. The zero-order valence-electron chi connectivity index (χ0n) is 29.0. The smallest absolute Gasteiger partial charge is 0.289 e. The van der Waals surface area contributed by atoms with Crippen LogP contribution in [0.3, 0.4) is 0 Å². The molecule has 50 heavy (non-hydrogen) atoms. The summed E-state index contributed by atoms with van der Waals surface area (Å²) >= 11 is 0. The van der Waals surface area contributed by atoms with Crippen molar-refractivity contribution in [3.63, 3.8) is 0 Å². The molecule has 1 aromatic heterocycles. The van der Waals surface area contributed by atoms with Gasteiger partial charge < -0.3 is 26.2 Å². The van der Waals surface area contributed by atoms with E-state index in [1.54, 1.807) is 20.8 Å². The fraction of sp³-hybridized carbons (Fsp3) is 0.714. The Morgan fingerprint density at radius 1 is 0.900 bits per heavy atom. The number of amides is 5. The van der Waals surface area contributed by atoms with Gasteiger partial charge >= 0.3 is 0 Å². The van der Waals surface area contributed by atoms with Gasteiger partial charge in [0.1, 0.15) is 29.9 Å². The van der Waals surface area contributed by atoms with Crippen LogP contribution in [-0.2, 0) is 24.0 Å². The summed E-state index contributed by atoms with van der Waals surface area (Å²) < 4.78 is 27.2. The molecule has 3 aliphatic carbocycles. The summed E-state index contributed by atoms with van der Waals surface area (Å²) in [4.78, 5) is 90.6. The molecule has 4 N–H and O–H groups in total. The number of carbonyl (C=O) groups is 6. The average molecular weight is 702 g/mol. The van der Waals surface area contributed by atoms with E-state index < -0.39 is 77.7 Å². The molecule has 0 bridgehead atoms. The van der Waals surface area contributed by atoms with Crippen LogP contribution in [-0.4, -0.2) is 93.4 Å². The second kappa shape index (κ2) is 15.9. The highest BCUT2D eigenvalue weighted by atomic mass is 19.3. The normalized spacial score (nSPS) is 24.1. The van der Waals surface area contributed by atoms with E-state index in [2.05, 4.69) is 31.2 Å². The lowest BCUT2D eigenvalue weighted by atomic mass is 9.82. The van der Waals surface area contributed by atoms with Gasteiger partial charge in [0.05, 0.1) is 6.20 Å². The number of aromatic nitrogens is 2. The third-order valence-corrected chi connectivity index (χ3v) is 10.5. The summed E-state index contributed by atoms with van der Waals surface area (Å²) in [7, 11) is 0. The van der Waals surface area contributed by atoms with Gasteiger partial charge in [-0.2, -0.15) is 0 Å². The summed E-state index contributed by atoms with van der Waals surface area (Å²) in [5, 5.41) is 10.7. The highest BCUT2D eigenvalue weighted by Crippen LogP contribution is 2.43. The number of likely N-dealkylation sites (tertiary alicyclic amines) is 1. The molecule has 274 valence electrons. The zero-order chi connectivity index (χ0) is 36.2. The molecule has 4 fully saturated rings. The van der Waals surface area contributed by atoms with Gasteiger partial charge in [-0.15, -0.1) is 0 Å². The Kier molecular flexibility index (Phi) is 11.8. The molecule has 1 unspecified atom stereocenters. The number of hydrogen-bond acceptors (Lipinski definition) is 8. The van der Waals surface area contributed by atoms with Crippen molar-refractivity contribution in [1.29, 1.82) is 0 Å². The van der Waals surface area contributed by atoms with Gasteiger partial charge in [-0.1, -0.05) is 46.5 Å². The molecule has 1 aliphatic heterocycles. The lowest BCUT2D eigenvalue weighted by Crippen LogP contribution is -2.62. The Morgan fingerprint density at radius 2 is 1.62 bits per heavy atom. The van der Waals surface area contributed by atoms with Crippen LogP contribution in [0.1, 0.15) is 102 Å². The third-order valence-electron chi connectivity index (χ3n) is 10.5. The zero-order valence-corrected chi connectivity index (χ0v) is 29.0. The maximum Gasteiger partial charge on any atom is 0.289 e. The molecule has 6 atom stereocenters. The molecule has 4 aliphatic rings. The standard InChI is InChI=1S/C35H49F2N7O6/c1-35(2,3)29(43-31(47)26(19-8-5-4-6-9-19)42-30(46)24-17-38-14-15-39-24)34(50)44-18-20-10-7-11-22(20)27(44)32(48)41-23(16-25(36)37)28(45)33(49)40-21-12-13-21/h14-15,17,19-23,25-27,29H,4-13,16,18H2,1-3H3,(H,40,49)(H,41,48)(H,42,46)(H,43,47)/t20-,22-,23?,26+,27-,29+/m0/s1. The van der Waals surface area contributed by atoms with Crippen LogP contribution in [0, 0.1) is 23.2 Å². The minimum Gasteiger partial charge on any atom is -0.347 e. The molecule has 0 aromatic carbocycles. The predicted molar refractivity (Wildman–Crippen MR) is 176 cm³/mol. The molecule has 5 rings (SSSR count). The van der Waals surface area contributed by atoms with Crippen LogP contribution >= 0.6 is 0 Å². The van der Waals surface area contributed by atoms with Gasteiger partial charge in [0.2, 0.25) is 29.9 Å². The molecule has 13 nitrogen and oxygen atoms in total. The number of alkyl halides is 2. The van der Waals surface area contributed by atoms with Crippen LogP contribution in [0.2, 0.25) is 0 Å². The first-order valence-corrected chi connectivity index (χ1v) is 17.9. The summed E-state index contributed by atoms with van der Waals surface area (Å²) in [5.74, 6) is -5.06. The Labute approximate surface area is 290 Å². The number of halogens is 2. The first-order chi connectivity index (χ1) is 23.7. The topological polar surface area (TPSA) is 180 Å². The van der Waals surface area contributed by atoms with Crippen molar-refractivity contribution in [3.8, 4) is 0 Å². The quantitative estimate of drug-likeness (QED) is 0.226. The van der Waals surface area contributed by atoms with E-state index in [1.807, 2.05) is 0 Å². The van der Waals surface area contributed by atoms with Crippen molar-refractivity contribution in [2.45, 2.75) is 128 Å². The van der Waals surface area contributed by atoms with E-state index in [-0.39, 0.29) is 36.0 Å². The average Bonchev–Trinajstić information content (AvgIpc) is 3.65. The number of hydrogen-bond donors (Lipinski definition) is 4. The Bertz CT molecular complexity index is 1430. The van der Waals surface area contributed by atoms with E-state index in [0.29, 0.717) is 32.1 Å². The van der Waals surface area contributed by atoms with Crippen molar-refractivity contribution in [3.05, 3.63) is 24.3 Å². The van der Waals surface area contributed by atoms with Crippen molar-refractivity contribution in [2.75, 3.05) is 6.54 Å². The summed E-state index contributed by atoms with van der Waals surface area (Å²) in [6, 6.07) is -5.10. The fourth-order valence-electron chi connectivity index (χ4n) is 7.72. The Hall–Kier alpha value is -4.04. The molecular formula is C35H49F2N7O6. The molecular weight excluding hydrogens is 652 g/mol. The molecule has 1 aromatic rings. The maximum atomic E-state index is 14.5. The lowest BCUT2D eigenvalue weighted by Gasteiger charge is -2.38. The van der Waals surface area contributed by atoms with Crippen molar-refractivity contribution < 1.29 is 37.5 Å². The van der Waals surface area contributed by atoms with E-state index in [4.69, 9.17) is 0 Å². The predicted octanol–water partition coefficient (Wildman–Crippen LogP) is 2.30. The monoisotopic (exact) mass is 701 g/mol. The largest absolute Gasteiger partial charge is 0.347 e. The van der Waals surface area contributed by atoms with Gasteiger partial charge in [-0.3, -0.25) is 33.8 Å². The van der Waals surface area contributed by atoms with Crippen molar-refractivity contribution in [1.82, 2.24) is 36.1 Å². The second-order valence-corrected chi connectivity index (χ2v) is 15.3.